The number of hydrogen-bond donors (Lipinski definition) is 0. The molecule has 0 bridgehead atoms. The number of halogens is 2. The minimum absolute atomic E-state index is 0.473. The Kier molecular flexibility index (Phi) is 5.10. The minimum Gasteiger partial charge on any atom is -0.493 e. The first kappa shape index (κ1) is 15.7. The molecule has 0 aliphatic carbocycles. The van der Waals surface area contributed by atoms with Crippen molar-refractivity contribution in [2.75, 3.05) is 14.2 Å². The van der Waals surface area contributed by atoms with Crippen LogP contribution in [0.15, 0.2) is 35.3 Å². The summed E-state index contributed by atoms with van der Waals surface area (Å²) in [6, 6.07) is 9.16. The summed E-state index contributed by atoms with van der Waals surface area (Å²) in [5, 5.41) is 1.12. The van der Waals surface area contributed by atoms with Gasteiger partial charge in [0.25, 0.3) is 0 Å². The second-order valence-corrected chi connectivity index (χ2v) is 5.27. The molecule has 21 heavy (non-hydrogen) atoms. The first-order chi connectivity index (χ1) is 10.0. The van der Waals surface area contributed by atoms with E-state index in [1.165, 1.54) is 0 Å². The number of rotatable bonds is 4. The average Bonchev–Trinajstić information content (AvgIpc) is 2.47. The van der Waals surface area contributed by atoms with E-state index in [1.54, 1.807) is 26.5 Å². The summed E-state index contributed by atoms with van der Waals surface area (Å²) in [5.41, 5.74) is 2.67. The maximum Gasteiger partial charge on any atom is 0.179 e. The van der Waals surface area contributed by atoms with Crippen molar-refractivity contribution in [3.63, 3.8) is 0 Å². The number of nitrogens with zero attached hydrogens (tertiary/aromatic N) is 1. The second kappa shape index (κ2) is 6.83. The molecule has 0 N–H and O–H groups in total. The molecule has 0 aliphatic rings. The molecular weight excluding hydrogens is 309 g/mol. The van der Waals surface area contributed by atoms with Crippen molar-refractivity contribution < 1.29 is 9.47 Å². The van der Waals surface area contributed by atoms with Crippen molar-refractivity contribution in [1.29, 1.82) is 0 Å². The van der Waals surface area contributed by atoms with Gasteiger partial charge in [-0.1, -0.05) is 29.3 Å². The van der Waals surface area contributed by atoms with E-state index in [0.717, 1.165) is 16.8 Å². The zero-order chi connectivity index (χ0) is 15.4. The lowest BCUT2D eigenvalue weighted by molar-refractivity contribution is 0.355. The molecule has 0 saturated heterocycles. The summed E-state index contributed by atoms with van der Waals surface area (Å²) in [4.78, 5) is 4.44. The van der Waals surface area contributed by atoms with Gasteiger partial charge in [0.2, 0.25) is 0 Å². The van der Waals surface area contributed by atoms with Crippen LogP contribution in [0.2, 0.25) is 10.0 Å². The highest BCUT2D eigenvalue weighted by molar-refractivity contribution is 6.32. The maximum absolute atomic E-state index is 6.16. The van der Waals surface area contributed by atoms with Gasteiger partial charge in [0, 0.05) is 11.2 Å². The molecule has 2 aromatic carbocycles. The maximum atomic E-state index is 6.16. The van der Waals surface area contributed by atoms with Gasteiger partial charge >= 0.3 is 0 Å². The molecule has 0 radical (unpaired) electrons. The summed E-state index contributed by atoms with van der Waals surface area (Å²) >= 11 is 12.1. The molecular formula is C16H15Cl2NO2. The Morgan fingerprint density at radius 1 is 1.05 bits per heavy atom. The molecule has 0 spiro atoms. The lowest BCUT2D eigenvalue weighted by atomic mass is 10.2. The van der Waals surface area contributed by atoms with Crippen molar-refractivity contribution in [3.05, 3.63) is 51.5 Å². The zero-order valence-corrected chi connectivity index (χ0v) is 13.5. The van der Waals surface area contributed by atoms with Crippen LogP contribution in [0.5, 0.6) is 11.5 Å². The van der Waals surface area contributed by atoms with Crippen LogP contribution in [-0.4, -0.2) is 20.4 Å². The van der Waals surface area contributed by atoms with Gasteiger partial charge in [-0.15, -0.1) is 0 Å². The van der Waals surface area contributed by atoms with E-state index in [4.69, 9.17) is 32.7 Å². The Hall–Kier alpha value is -1.71. The largest absolute Gasteiger partial charge is 0.493 e. The lowest BCUT2D eigenvalue weighted by Gasteiger charge is -2.10. The van der Waals surface area contributed by atoms with Crippen molar-refractivity contribution in [1.82, 2.24) is 0 Å². The SMILES string of the molecule is COc1cc(C=Nc2cc(Cl)ccc2C)cc(Cl)c1OC. The fraction of sp³-hybridized carbons (Fsp3) is 0.188. The van der Waals surface area contributed by atoms with E-state index in [0.29, 0.717) is 21.5 Å². The van der Waals surface area contributed by atoms with Gasteiger partial charge < -0.3 is 9.47 Å². The van der Waals surface area contributed by atoms with Gasteiger partial charge in [-0.3, -0.25) is 4.99 Å². The topological polar surface area (TPSA) is 30.8 Å². The van der Waals surface area contributed by atoms with E-state index in [1.807, 2.05) is 31.2 Å². The standard InChI is InChI=1S/C16H15Cl2NO2/c1-10-4-5-12(17)8-14(10)19-9-11-6-13(18)16(21-3)15(7-11)20-2/h4-9H,1-3H3. The van der Waals surface area contributed by atoms with E-state index >= 15 is 0 Å². The summed E-state index contributed by atoms with van der Waals surface area (Å²) < 4.78 is 10.5. The highest BCUT2D eigenvalue weighted by Crippen LogP contribution is 2.35. The fourth-order valence-electron chi connectivity index (χ4n) is 1.88. The molecule has 0 saturated carbocycles. The van der Waals surface area contributed by atoms with Gasteiger partial charge in [-0.25, -0.2) is 0 Å². The van der Waals surface area contributed by atoms with Crippen LogP contribution >= 0.6 is 23.2 Å². The molecule has 2 rings (SSSR count). The molecule has 0 unspecified atom stereocenters. The van der Waals surface area contributed by atoms with E-state index in [-0.39, 0.29) is 0 Å². The van der Waals surface area contributed by atoms with Crippen molar-refractivity contribution in [2.45, 2.75) is 6.92 Å². The summed E-state index contributed by atoms with van der Waals surface area (Å²) in [7, 11) is 3.11. The van der Waals surface area contributed by atoms with Gasteiger partial charge in [-0.05, 0) is 42.3 Å². The normalized spacial score (nSPS) is 10.9. The van der Waals surface area contributed by atoms with Crippen LogP contribution in [0.4, 0.5) is 5.69 Å². The van der Waals surface area contributed by atoms with Crippen LogP contribution in [0.25, 0.3) is 0 Å². The lowest BCUT2D eigenvalue weighted by Crippen LogP contribution is -1.93. The number of hydrogen-bond acceptors (Lipinski definition) is 3. The Morgan fingerprint density at radius 2 is 1.81 bits per heavy atom. The first-order valence-electron chi connectivity index (χ1n) is 6.27. The average molecular weight is 324 g/mol. The third kappa shape index (κ3) is 3.69. The highest BCUT2D eigenvalue weighted by atomic mass is 35.5. The van der Waals surface area contributed by atoms with E-state index in [2.05, 4.69) is 4.99 Å². The number of aliphatic imine (C=N–C) groups is 1. The Bertz CT molecular complexity index is 684. The van der Waals surface area contributed by atoms with E-state index in [9.17, 15) is 0 Å². The molecule has 110 valence electrons. The number of aryl methyl sites for hydroxylation is 1. The Morgan fingerprint density at radius 3 is 2.48 bits per heavy atom. The summed E-state index contributed by atoms with van der Waals surface area (Å²) in [6.45, 7) is 1.98. The quantitative estimate of drug-likeness (QED) is 0.735. The molecule has 0 amide bonds. The first-order valence-corrected chi connectivity index (χ1v) is 7.02. The van der Waals surface area contributed by atoms with Crippen molar-refractivity contribution in [3.8, 4) is 11.5 Å². The molecule has 0 fully saturated rings. The van der Waals surface area contributed by atoms with Gasteiger partial charge in [0.15, 0.2) is 11.5 Å². The fourth-order valence-corrected chi connectivity index (χ4v) is 2.34. The summed E-state index contributed by atoms with van der Waals surface area (Å²) in [6.07, 6.45) is 1.71. The van der Waals surface area contributed by atoms with Crippen LogP contribution in [0.3, 0.4) is 0 Å². The van der Waals surface area contributed by atoms with Crippen LogP contribution in [-0.2, 0) is 0 Å². The molecule has 0 aromatic heterocycles. The van der Waals surface area contributed by atoms with Gasteiger partial charge in [-0.2, -0.15) is 0 Å². The third-order valence-corrected chi connectivity index (χ3v) is 3.50. The zero-order valence-electron chi connectivity index (χ0n) is 12.0. The Balaban J connectivity index is 2.37. The monoisotopic (exact) mass is 323 g/mol. The summed E-state index contributed by atoms with van der Waals surface area (Å²) in [5.74, 6) is 1.07. The molecule has 3 nitrogen and oxygen atoms in total. The number of benzene rings is 2. The van der Waals surface area contributed by atoms with E-state index < -0.39 is 0 Å². The molecule has 2 aromatic rings. The highest BCUT2D eigenvalue weighted by Gasteiger charge is 2.10. The predicted molar refractivity (Wildman–Crippen MR) is 88.0 cm³/mol. The van der Waals surface area contributed by atoms with Crippen molar-refractivity contribution in [2.24, 2.45) is 4.99 Å². The van der Waals surface area contributed by atoms with Gasteiger partial charge in [0.1, 0.15) is 0 Å². The van der Waals surface area contributed by atoms with Crippen molar-refractivity contribution >= 4 is 35.1 Å². The molecule has 0 atom stereocenters. The minimum atomic E-state index is 0.473. The predicted octanol–water partition coefficient (Wildman–Crippen LogP) is 5.07. The molecule has 0 heterocycles. The molecule has 0 aliphatic heterocycles. The Labute approximate surface area is 134 Å². The van der Waals surface area contributed by atoms with Crippen LogP contribution < -0.4 is 9.47 Å². The van der Waals surface area contributed by atoms with Gasteiger partial charge in [0.05, 0.1) is 24.9 Å². The van der Waals surface area contributed by atoms with Crippen LogP contribution in [0, 0.1) is 6.92 Å². The molecule has 5 heteroatoms. The number of methoxy groups -OCH3 is 2. The smallest absolute Gasteiger partial charge is 0.179 e. The third-order valence-electron chi connectivity index (χ3n) is 2.98. The van der Waals surface area contributed by atoms with Crippen LogP contribution in [0.1, 0.15) is 11.1 Å². The second-order valence-electron chi connectivity index (χ2n) is 4.43. The number of ether oxygens (including phenoxy) is 2.